The summed E-state index contributed by atoms with van der Waals surface area (Å²) in [6, 6.07) is 0.409. The number of hydrogen-bond acceptors (Lipinski definition) is 1. The van der Waals surface area contributed by atoms with Crippen LogP contribution in [0, 0.1) is 0 Å². The summed E-state index contributed by atoms with van der Waals surface area (Å²) >= 11 is 0. The standard InChI is InChI=1S/C9H20N2O/c1-6-10(5)9(12)11(7-2)8(3)4/h8H,6-7H2,1-5H3. The van der Waals surface area contributed by atoms with Gasteiger partial charge in [-0.25, -0.2) is 4.79 Å². The van der Waals surface area contributed by atoms with Crippen LogP contribution in [0.4, 0.5) is 4.79 Å². The molecule has 0 radical (unpaired) electrons. The van der Waals surface area contributed by atoms with Gasteiger partial charge in [0, 0.05) is 26.2 Å². The van der Waals surface area contributed by atoms with Gasteiger partial charge >= 0.3 is 6.03 Å². The monoisotopic (exact) mass is 172 g/mol. The van der Waals surface area contributed by atoms with Crippen LogP contribution in [0.3, 0.4) is 0 Å². The first-order valence-corrected chi connectivity index (χ1v) is 4.56. The van der Waals surface area contributed by atoms with Gasteiger partial charge in [-0.05, 0) is 27.7 Å². The van der Waals surface area contributed by atoms with Crippen molar-refractivity contribution in [2.24, 2.45) is 0 Å². The predicted octanol–water partition coefficient (Wildman–Crippen LogP) is 1.79. The summed E-state index contributed by atoms with van der Waals surface area (Å²) in [5, 5.41) is 0. The molecule has 0 saturated heterocycles. The van der Waals surface area contributed by atoms with E-state index in [1.165, 1.54) is 0 Å². The molecule has 2 amide bonds. The average molecular weight is 172 g/mol. The molecule has 0 aromatic carbocycles. The highest BCUT2D eigenvalue weighted by Crippen LogP contribution is 2.01. The van der Waals surface area contributed by atoms with Crippen molar-refractivity contribution in [1.82, 2.24) is 9.80 Å². The van der Waals surface area contributed by atoms with Crippen molar-refractivity contribution in [1.29, 1.82) is 0 Å². The van der Waals surface area contributed by atoms with E-state index in [0.717, 1.165) is 13.1 Å². The summed E-state index contributed by atoms with van der Waals surface area (Å²) in [7, 11) is 1.83. The van der Waals surface area contributed by atoms with Crippen molar-refractivity contribution >= 4 is 6.03 Å². The molecule has 0 N–H and O–H groups in total. The van der Waals surface area contributed by atoms with E-state index in [2.05, 4.69) is 0 Å². The van der Waals surface area contributed by atoms with E-state index in [-0.39, 0.29) is 12.1 Å². The molecular formula is C9H20N2O. The molecule has 0 aliphatic rings. The molecule has 12 heavy (non-hydrogen) atoms. The molecular weight excluding hydrogens is 152 g/mol. The highest BCUT2D eigenvalue weighted by atomic mass is 16.2. The molecule has 0 fully saturated rings. The number of carbonyl (C=O) groups excluding carboxylic acids is 1. The third-order valence-electron chi connectivity index (χ3n) is 2.01. The third-order valence-corrected chi connectivity index (χ3v) is 2.01. The zero-order chi connectivity index (χ0) is 9.72. The smallest absolute Gasteiger partial charge is 0.319 e. The Morgan fingerprint density at radius 3 is 2.00 bits per heavy atom. The van der Waals surface area contributed by atoms with Gasteiger partial charge < -0.3 is 9.80 Å². The molecule has 0 bridgehead atoms. The lowest BCUT2D eigenvalue weighted by atomic mass is 10.3. The van der Waals surface area contributed by atoms with Gasteiger partial charge in [0.25, 0.3) is 0 Å². The van der Waals surface area contributed by atoms with E-state index in [9.17, 15) is 4.79 Å². The molecule has 0 saturated carbocycles. The maximum Gasteiger partial charge on any atom is 0.319 e. The van der Waals surface area contributed by atoms with Gasteiger partial charge in [-0.2, -0.15) is 0 Å². The van der Waals surface area contributed by atoms with E-state index in [1.54, 1.807) is 4.90 Å². The van der Waals surface area contributed by atoms with E-state index in [1.807, 2.05) is 39.6 Å². The van der Waals surface area contributed by atoms with Gasteiger partial charge in [-0.1, -0.05) is 0 Å². The fourth-order valence-corrected chi connectivity index (χ4v) is 1.08. The minimum atomic E-state index is 0.120. The number of amides is 2. The van der Waals surface area contributed by atoms with Crippen LogP contribution < -0.4 is 0 Å². The maximum absolute atomic E-state index is 11.6. The second-order valence-corrected chi connectivity index (χ2v) is 3.18. The highest BCUT2D eigenvalue weighted by molar-refractivity contribution is 5.74. The molecule has 3 heteroatoms. The molecule has 0 heterocycles. The fraction of sp³-hybridized carbons (Fsp3) is 0.889. The van der Waals surface area contributed by atoms with Crippen LogP contribution in [0.5, 0.6) is 0 Å². The van der Waals surface area contributed by atoms with Crippen LogP contribution in [-0.4, -0.2) is 42.0 Å². The topological polar surface area (TPSA) is 23.6 Å². The summed E-state index contributed by atoms with van der Waals surface area (Å²) in [5.74, 6) is 0. The number of hydrogen-bond donors (Lipinski definition) is 0. The number of rotatable bonds is 3. The lowest BCUT2D eigenvalue weighted by Gasteiger charge is -2.29. The van der Waals surface area contributed by atoms with Crippen LogP contribution in [-0.2, 0) is 0 Å². The molecule has 0 atom stereocenters. The number of urea groups is 1. The largest absolute Gasteiger partial charge is 0.328 e. The minimum Gasteiger partial charge on any atom is -0.328 e. The Labute approximate surface area is 75.3 Å². The Bertz CT molecular complexity index is 145. The quantitative estimate of drug-likeness (QED) is 0.636. The Balaban J connectivity index is 4.21. The number of nitrogens with zero attached hydrogens (tertiary/aromatic N) is 2. The van der Waals surface area contributed by atoms with Gasteiger partial charge in [-0.15, -0.1) is 0 Å². The van der Waals surface area contributed by atoms with Crippen molar-refractivity contribution in [3.8, 4) is 0 Å². The first-order chi connectivity index (χ1) is 5.54. The molecule has 0 spiro atoms. The van der Waals surface area contributed by atoms with E-state index in [0.29, 0.717) is 0 Å². The first-order valence-electron chi connectivity index (χ1n) is 4.56. The van der Waals surface area contributed by atoms with Crippen molar-refractivity contribution in [2.75, 3.05) is 20.1 Å². The molecule has 0 aliphatic heterocycles. The van der Waals surface area contributed by atoms with E-state index in [4.69, 9.17) is 0 Å². The molecule has 0 aliphatic carbocycles. The molecule has 0 aromatic heterocycles. The lowest BCUT2D eigenvalue weighted by molar-refractivity contribution is 0.154. The molecule has 0 unspecified atom stereocenters. The van der Waals surface area contributed by atoms with Gasteiger partial charge in [0.1, 0.15) is 0 Å². The summed E-state index contributed by atoms with van der Waals surface area (Å²) in [6.07, 6.45) is 0. The van der Waals surface area contributed by atoms with Crippen molar-refractivity contribution in [3.05, 3.63) is 0 Å². The zero-order valence-electron chi connectivity index (χ0n) is 8.79. The van der Waals surface area contributed by atoms with Crippen molar-refractivity contribution in [3.63, 3.8) is 0 Å². The molecule has 72 valence electrons. The van der Waals surface area contributed by atoms with Crippen LogP contribution in [0.1, 0.15) is 27.7 Å². The Morgan fingerprint density at radius 2 is 1.75 bits per heavy atom. The molecule has 3 nitrogen and oxygen atoms in total. The Morgan fingerprint density at radius 1 is 1.25 bits per heavy atom. The van der Waals surface area contributed by atoms with Crippen LogP contribution >= 0.6 is 0 Å². The summed E-state index contributed by atoms with van der Waals surface area (Å²) in [5.41, 5.74) is 0. The van der Waals surface area contributed by atoms with Gasteiger partial charge in [-0.3, -0.25) is 0 Å². The summed E-state index contributed by atoms with van der Waals surface area (Å²) < 4.78 is 0. The molecule has 0 rings (SSSR count). The zero-order valence-corrected chi connectivity index (χ0v) is 8.79. The SMILES string of the molecule is CCN(C)C(=O)N(CC)C(C)C. The average Bonchev–Trinajstić information content (AvgIpc) is 2.03. The van der Waals surface area contributed by atoms with Crippen molar-refractivity contribution < 1.29 is 4.79 Å². The van der Waals surface area contributed by atoms with Crippen LogP contribution in [0.2, 0.25) is 0 Å². The second kappa shape index (κ2) is 5.01. The van der Waals surface area contributed by atoms with Gasteiger partial charge in [0.05, 0.1) is 0 Å². The first kappa shape index (κ1) is 11.3. The lowest BCUT2D eigenvalue weighted by Crippen LogP contribution is -2.44. The Kier molecular flexibility index (Phi) is 4.71. The van der Waals surface area contributed by atoms with E-state index < -0.39 is 0 Å². The third kappa shape index (κ3) is 2.72. The van der Waals surface area contributed by atoms with Gasteiger partial charge in [0.2, 0.25) is 0 Å². The fourth-order valence-electron chi connectivity index (χ4n) is 1.08. The van der Waals surface area contributed by atoms with Crippen LogP contribution in [0.25, 0.3) is 0 Å². The highest BCUT2D eigenvalue weighted by Gasteiger charge is 2.17. The predicted molar refractivity (Wildman–Crippen MR) is 51.2 cm³/mol. The summed E-state index contributed by atoms with van der Waals surface area (Å²) in [4.78, 5) is 15.2. The van der Waals surface area contributed by atoms with Gasteiger partial charge in [0.15, 0.2) is 0 Å². The second-order valence-electron chi connectivity index (χ2n) is 3.18. The molecule has 0 aromatic rings. The number of carbonyl (C=O) groups is 1. The summed E-state index contributed by atoms with van der Waals surface area (Å²) in [6.45, 7) is 9.59. The van der Waals surface area contributed by atoms with E-state index >= 15 is 0 Å². The van der Waals surface area contributed by atoms with Crippen molar-refractivity contribution in [2.45, 2.75) is 33.7 Å². The van der Waals surface area contributed by atoms with Crippen LogP contribution in [0.15, 0.2) is 0 Å². The Hall–Kier alpha value is -0.730. The maximum atomic E-state index is 11.6. The normalized spacial score (nSPS) is 10.2. The minimum absolute atomic E-state index is 0.120.